The van der Waals surface area contributed by atoms with Crippen molar-refractivity contribution in [2.45, 2.75) is 158 Å². The first kappa shape index (κ1) is 51.5. The molecule has 4 saturated carbocycles. The average Bonchev–Trinajstić information content (AvgIpc) is 4.03. The zero-order valence-electron chi connectivity index (χ0n) is 37.2. The van der Waals surface area contributed by atoms with Crippen LogP contribution in [0.15, 0.2) is 0 Å². The molecule has 0 heterocycles. The number of hydrogen-bond donors (Lipinski definition) is 0. The van der Waals surface area contributed by atoms with E-state index in [4.69, 9.17) is 37.9 Å². The molecule has 0 spiro atoms. The van der Waals surface area contributed by atoms with Crippen molar-refractivity contribution in [1.29, 1.82) is 0 Å². The molecule has 16 nitrogen and oxygen atoms in total. The summed E-state index contributed by atoms with van der Waals surface area (Å²) in [5.74, 6) is -9.76. The zero-order chi connectivity index (χ0) is 44.8. The van der Waals surface area contributed by atoms with Gasteiger partial charge in [-0.2, -0.15) is 0 Å². The van der Waals surface area contributed by atoms with Gasteiger partial charge in [-0.05, 0) is 55.4 Å². The minimum Gasteiger partial charge on any atom is -0.473 e. The van der Waals surface area contributed by atoms with Crippen LogP contribution in [0.1, 0.15) is 133 Å². The normalized spacial score (nSPS) is 28.0. The maximum absolute atomic E-state index is 15.7. The third-order valence-corrected chi connectivity index (χ3v) is 13.3. The molecule has 4 aliphatic carbocycles. The van der Waals surface area contributed by atoms with E-state index in [0.717, 1.165) is 12.8 Å². The van der Waals surface area contributed by atoms with Crippen LogP contribution in [0.3, 0.4) is 0 Å². The first-order chi connectivity index (χ1) is 28.3. The van der Waals surface area contributed by atoms with E-state index >= 15 is 9.59 Å². The third kappa shape index (κ3) is 9.02. The van der Waals surface area contributed by atoms with Gasteiger partial charge in [0.2, 0.25) is 0 Å². The van der Waals surface area contributed by atoms with Crippen molar-refractivity contribution in [2.24, 2.45) is 33.5 Å². The predicted molar refractivity (Wildman–Crippen MR) is 209 cm³/mol. The second-order valence-electron chi connectivity index (χ2n) is 16.5. The molecule has 8 atom stereocenters. The molecular formula is C44H64O16Pd. The average molecular weight is 955 g/mol. The monoisotopic (exact) mass is 954 g/mol. The predicted octanol–water partition coefficient (Wildman–Crippen LogP) is 5.29. The molecule has 0 amide bonds. The second-order valence-corrected chi connectivity index (χ2v) is 16.5. The molecular weight excluding hydrogens is 891 g/mol. The number of carbonyl (C=O) groups excluding carboxylic acids is 8. The van der Waals surface area contributed by atoms with Crippen LogP contribution in [-0.4, -0.2) is 98.6 Å². The number of rotatable bonds is 19. The van der Waals surface area contributed by atoms with Crippen LogP contribution < -0.4 is 0 Å². The molecule has 0 unspecified atom stereocenters. The molecule has 0 aliphatic heterocycles. The van der Waals surface area contributed by atoms with Crippen molar-refractivity contribution < 1.29 is 96.7 Å². The van der Waals surface area contributed by atoms with Crippen molar-refractivity contribution in [3.05, 3.63) is 11.8 Å². The fraction of sp³-hybridized carbons (Fsp3) is 0.773. The van der Waals surface area contributed by atoms with E-state index in [0.29, 0.717) is 51.4 Å². The van der Waals surface area contributed by atoms with Gasteiger partial charge < -0.3 is 37.9 Å². The maximum Gasteiger partial charge on any atom is 2.00 e. The third-order valence-electron chi connectivity index (χ3n) is 13.3. The Morgan fingerprint density at radius 3 is 0.951 bits per heavy atom. The molecule has 0 aromatic heterocycles. The van der Waals surface area contributed by atoms with E-state index in [-0.39, 0.29) is 58.7 Å². The summed E-state index contributed by atoms with van der Waals surface area (Å²) in [4.78, 5) is 113. The minimum absolute atomic E-state index is 0. The van der Waals surface area contributed by atoms with E-state index in [1.54, 1.807) is 41.5 Å². The molecule has 4 fully saturated rings. The van der Waals surface area contributed by atoms with Gasteiger partial charge in [0.1, 0.15) is 0 Å². The van der Waals surface area contributed by atoms with Gasteiger partial charge in [0.05, 0.1) is 26.4 Å². The van der Waals surface area contributed by atoms with Crippen LogP contribution in [0.2, 0.25) is 0 Å². The number of hydrogen-bond acceptors (Lipinski definition) is 16. The molecule has 0 N–H and O–H groups in total. The van der Waals surface area contributed by atoms with Gasteiger partial charge in [0.15, 0.2) is 36.4 Å². The molecule has 4 aliphatic rings. The van der Waals surface area contributed by atoms with Crippen LogP contribution in [0.4, 0.5) is 0 Å². The molecule has 61 heavy (non-hydrogen) atoms. The summed E-state index contributed by atoms with van der Waals surface area (Å²) in [6, 6.07) is 0. The van der Waals surface area contributed by atoms with Crippen molar-refractivity contribution in [3.63, 3.8) is 0 Å². The number of ether oxygens (including phenoxy) is 8. The Hall–Kier alpha value is -3.84. The largest absolute Gasteiger partial charge is 2.00 e. The van der Waals surface area contributed by atoms with Crippen molar-refractivity contribution in [2.75, 3.05) is 26.4 Å². The Morgan fingerprint density at radius 2 is 0.705 bits per heavy atom. The van der Waals surface area contributed by atoms with E-state index < -0.39 is 106 Å². The number of carbonyl (C=O) groups is 8. The van der Waals surface area contributed by atoms with E-state index in [2.05, 4.69) is 0 Å². The summed E-state index contributed by atoms with van der Waals surface area (Å²) >= 11 is 0. The molecule has 0 radical (unpaired) electrons. The summed E-state index contributed by atoms with van der Waals surface area (Å²) in [6.45, 7) is 14.6. The molecule has 4 rings (SSSR count). The number of esters is 8. The summed E-state index contributed by atoms with van der Waals surface area (Å²) in [5.41, 5.74) is -8.18. The van der Waals surface area contributed by atoms with E-state index in [1.807, 2.05) is 0 Å². The van der Waals surface area contributed by atoms with Gasteiger partial charge in [-0.25, -0.2) is 19.2 Å². The molecule has 0 bridgehead atoms. The van der Waals surface area contributed by atoms with Gasteiger partial charge in [-0.15, -0.1) is 10.8 Å². The zero-order valence-corrected chi connectivity index (χ0v) is 38.8. The molecule has 0 saturated heterocycles. The summed E-state index contributed by atoms with van der Waals surface area (Å²) < 4.78 is 44.2. The molecule has 0 aromatic rings. The van der Waals surface area contributed by atoms with Gasteiger partial charge in [-0.1, -0.05) is 101 Å². The quantitative estimate of drug-likeness (QED) is 0.0697. The Balaban J connectivity index is 0.00000992. The van der Waals surface area contributed by atoms with Crippen LogP contribution in [-0.2, 0) is 96.7 Å². The topological polar surface area (TPSA) is 210 Å². The SMILES string of the molecule is CCOC(=O)[C@H](C)OC(=O)[C-]1[C@](C(=O)O[C@@H](C)C(=O)OCC)([C@@]2(C(=O)O[C@@H](C)C(=O)OCC)[C-](C(=O)O[C@@H](C)C(=O)OCC)[C@]2(C)C2CCCCC2)[C@]1(C)C1CCCCC1.[Pd+2]. The maximum atomic E-state index is 15.7. The van der Waals surface area contributed by atoms with Crippen LogP contribution in [0, 0.1) is 45.3 Å². The summed E-state index contributed by atoms with van der Waals surface area (Å²) in [7, 11) is 0. The van der Waals surface area contributed by atoms with Crippen LogP contribution >= 0.6 is 0 Å². The molecule has 0 aromatic carbocycles. The molecule has 17 heteroatoms. The van der Waals surface area contributed by atoms with Crippen molar-refractivity contribution in [1.82, 2.24) is 0 Å². The Labute approximate surface area is 372 Å². The van der Waals surface area contributed by atoms with Gasteiger partial charge >= 0.3 is 44.3 Å². The first-order valence-electron chi connectivity index (χ1n) is 21.6. The Morgan fingerprint density at radius 1 is 0.459 bits per heavy atom. The molecule has 346 valence electrons. The second kappa shape index (κ2) is 21.0. The van der Waals surface area contributed by atoms with Gasteiger partial charge in [0, 0.05) is 0 Å². The smallest absolute Gasteiger partial charge is 0.473 e. The van der Waals surface area contributed by atoms with Crippen LogP contribution in [0.5, 0.6) is 0 Å². The van der Waals surface area contributed by atoms with Crippen molar-refractivity contribution >= 4 is 47.8 Å². The van der Waals surface area contributed by atoms with E-state index in [1.165, 1.54) is 27.7 Å². The fourth-order valence-electron chi connectivity index (χ4n) is 10.5. The minimum atomic E-state index is -2.45. The first-order valence-corrected chi connectivity index (χ1v) is 21.6. The summed E-state index contributed by atoms with van der Waals surface area (Å²) in [5, 5.41) is 0. The summed E-state index contributed by atoms with van der Waals surface area (Å²) in [6.07, 6.45) is 0.327. The fourth-order valence-corrected chi connectivity index (χ4v) is 10.5. The van der Waals surface area contributed by atoms with E-state index in [9.17, 15) is 28.8 Å². The van der Waals surface area contributed by atoms with Gasteiger partial charge in [0.25, 0.3) is 11.9 Å². The van der Waals surface area contributed by atoms with Crippen LogP contribution in [0.25, 0.3) is 0 Å². The Bertz CT molecular complexity index is 1520. The van der Waals surface area contributed by atoms with Crippen molar-refractivity contribution in [3.8, 4) is 0 Å². The Kier molecular flexibility index (Phi) is 17.8. The van der Waals surface area contributed by atoms with Gasteiger partial charge in [-0.3, -0.25) is 31.0 Å². The standard InChI is InChI=1S/C44H64O16.Pd/c1-11-53-33(45)25(5)57-37(49)31-41(9,29-21-17-15-18-22-29)43(31,39(51)59-27(7)35(47)55-13-3)44(40(52)60-28(8)36(48)56-14-4)32(38(50)58-26(6)34(46)54-12-2)42(44,10)30-23-19-16-20-24-30;/h25-30H,11-24H2,1-10H3;/q-2;+2/t25-,26-,27-,28-,41-,42+,43+,44+;/m0./s1.